The van der Waals surface area contributed by atoms with E-state index in [-0.39, 0.29) is 17.7 Å². The quantitative estimate of drug-likeness (QED) is 0.310. The van der Waals surface area contributed by atoms with Crippen LogP contribution in [0.1, 0.15) is 28.4 Å². The number of fused-ring (bicyclic) bond motifs is 3. The Morgan fingerprint density at radius 1 is 1.11 bits per heavy atom. The van der Waals surface area contributed by atoms with Gasteiger partial charge in [0, 0.05) is 4.47 Å². The molecule has 176 valence electrons. The van der Waals surface area contributed by atoms with Crippen LogP contribution in [0.5, 0.6) is 11.5 Å². The minimum Gasteiger partial charge on any atom is -0.490 e. The van der Waals surface area contributed by atoms with Crippen molar-refractivity contribution in [1.82, 2.24) is 9.38 Å². The maximum absolute atomic E-state index is 13.1. The molecule has 0 amide bonds. The van der Waals surface area contributed by atoms with Gasteiger partial charge in [-0.2, -0.15) is 0 Å². The van der Waals surface area contributed by atoms with Crippen LogP contribution in [0.2, 0.25) is 0 Å². The molecule has 7 nitrogen and oxygen atoms in total. The SMILES string of the molecule is CCOc1cc(/C=c2\sc3nc4ccccc4n3c2=O)c(Br)cc1OCc1cccc(C(=O)O)c1. The Kier molecular flexibility index (Phi) is 6.27. The Labute approximate surface area is 212 Å². The minimum atomic E-state index is -0.990. The summed E-state index contributed by atoms with van der Waals surface area (Å²) >= 11 is 4.91. The lowest BCUT2D eigenvalue weighted by Gasteiger charge is -2.14. The Bertz CT molecular complexity index is 1690. The van der Waals surface area contributed by atoms with Crippen LogP contribution in [0.15, 0.2) is 69.9 Å². The lowest BCUT2D eigenvalue weighted by Crippen LogP contribution is -2.22. The zero-order chi connectivity index (χ0) is 24.5. The van der Waals surface area contributed by atoms with Crippen LogP contribution in [0.4, 0.5) is 0 Å². The maximum atomic E-state index is 13.1. The third-order valence-electron chi connectivity index (χ3n) is 5.36. The van der Waals surface area contributed by atoms with E-state index in [0.717, 1.165) is 26.6 Å². The molecule has 0 atom stereocenters. The fraction of sp³-hybridized carbons (Fsp3) is 0.115. The molecule has 1 N–H and O–H groups in total. The fourth-order valence-corrected chi connectivity index (χ4v) is 5.17. The average molecular weight is 551 g/mol. The third-order valence-corrected chi connectivity index (χ3v) is 7.02. The molecule has 35 heavy (non-hydrogen) atoms. The summed E-state index contributed by atoms with van der Waals surface area (Å²) in [7, 11) is 0. The second-order valence-electron chi connectivity index (χ2n) is 7.68. The average Bonchev–Trinajstić information content (AvgIpc) is 3.36. The van der Waals surface area contributed by atoms with Crippen molar-refractivity contribution < 1.29 is 19.4 Å². The van der Waals surface area contributed by atoms with Crippen molar-refractivity contribution >= 4 is 55.3 Å². The number of carbonyl (C=O) groups is 1. The van der Waals surface area contributed by atoms with Gasteiger partial charge < -0.3 is 14.6 Å². The Balaban J connectivity index is 1.50. The first-order chi connectivity index (χ1) is 16.9. The molecule has 0 radical (unpaired) electrons. The summed E-state index contributed by atoms with van der Waals surface area (Å²) in [5.74, 6) is 0.0396. The number of hydrogen-bond donors (Lipinski definition) is 1. The van der Waals surface area contributed by atoms with E-state index in [1.807, 2.05) is 43.3 Å². The number of hydrogen-bond acceptors (Lipinski definition) is 6. The molecule has 0 saturated carbocycles. The molecule has 5 aromatic rings. The van der Waals surface area contributed by atoms with Gasteiger partial charge in [0.1, 0.15) is 6.61 Å². The van der Waals surface area contributed by atoms with Gasteiger partial charge in [-0.3, -0.25) is 4.79 Å². The molecule has 2 heterocycles. The highest BCUT2D eigenvalue weighted by atomic mass is 79.9. The predicted molar refractivity (Wildman–Crippen MR) is 139 cm³/mol. The molecule has 5 rings (SSSR count). The highest BCUT2D eigenvalue weighted by Crippen LogP contribution is 2.35. The van der Waals surface area contributed by atoms with Gasteiger partial charge >= 0.3 is 5.97 Å². The van der Waals surface area contributed by atoms with Crippen molar-refractivity contribution in [3.63, 3.8) is 0 Å². The van der Waals surface area contributed by atoms with Crippen molar-refractivity contribution in [1.29, 1.82) is 0 Å². The number of benzene rings is 3. The van der Waals surface area contributed by atoms with Gasteiger partial charge in [-0.1, -0.05) is 51.5 Å². The molecule has 9 heteroatoms. The molecule has 0 aliphatic rings. The molecular weight excluding hydrogens is 532 g/mol. The third kappa shape index (κ3) is 4.52. The van der Waals surface area contributed by atoms with E-state index in [4.69, 9.17) is 9.47 Å². The molecule has 0 aliphatic carbocycles. The standard InChI is InChI=1S/C26H19BrN2O5S/c1-2-33-21-11-17(12-23-24(30)29-20-9-4-3-8-19(20)28-26(29)35-23)18(27)13-22(21)34-14-15-6-5-7-16(10-15)25(31)32/h3-13H,2,14H2,1H3,(H,31,32)/b23-12-. The van der Waals surface area contributed by atoms with E-state index < -0.39 is 5.97 Å². The number of rotatable bonds is 7. The first-order valence-electron chi connectivity index (χ1n) is 10.8. The van der Waals surface area contributed by atoms with Gasteiger partial charge in [-0.25, -0.2) is 14.2 Å². The number of halogens is 1. The van der Waals surface area contributed by atoms with Crippen molar-refractivity contribution in [3.8, 4) is 11.5 Å². The van der Waals surface area contributed by atoms with E-state index in [1.54, 1.807) is 28.7 Å². The van der Waals surface area contributed by atoms with Crippen molar-refractivity contribution in [2.24, 2.45) is 0 Å². The van der Waals surface area contributed by atoms with Gasteiger partial charge in [0.2, 0.25) is 0 Å². The normalized spacial score (nSPS) is 11.9. The van der Waals surface area contributed by atoms with Crippen LogP contribution < -0.4 is 19.6 Å². The van der Waals surface area contributed by atoms with Crippen molar-refractivity contribution in [2.75, 3.05) is 6.61 Å². The fourth-order valence-electron chi connectivity index (χ4n) is 3.75. The number of thiazole rings is 1. The lowest BCUT2D eigenvalue weighted by molar-refractivity contribution is 0.0696. The smallest absolute Gasteiger partial charge is 0.335 e. The number of carboxylic acids is 1. The summed E-state index contributed by atoms with van der Waals surface area (Å²) < 4.78 is 14.7. The number of imidazole rings is 1. The topological polar surface area (TPSA) is 90.1 Å². The zero-order valence-electron chi connectivity index (χ0n) is 18.5. The molecule has 3 aromatic carbocycles. The minimum absolute atomic E-state index is 0.123. The summed E-state index contributed by atoms with van der Waals surface area (Å²) in [4.78, 5) is 29.6. The molecule has 0 saturated heterocycles. The van der Waals surface area contributed by atoms with Crippen LogP contribution in [-0.4, -0.2) is 27.1 Å². The molecule has 0 fully saturated rings. The van der Waals surface area contributed by atoms with Crippen LogP contribution in [0.3, 0.4) is 0 Å². The summed E-state index contributed by atoms with van der Waals surface area (Å²) in [6.45, 7) is 2.48. The van der Waals surface area contributed by atoms with Gasteiger partial charge in [0.05, 0.1) is 27.7 Å². The molecule has 2 aromatic heterocycles. The zero-order valence-corrected chi connectivity index (χ0v) is 20.9. The second kappa shape index (κ2) is 9.52. The highest BCUT2D eigenvalue weighted by Gasteiger charge is 2.14. The number of nitrogens with zero attached hydrogens (tertiary/aromatic N) is 2. The van der Waals surface area contributed by atoms with E-state index in [9.17, 15) is 14.7 Å². The lowest BCUT2D eigenvalue weighted by atomic mass is 10.1. The molecule has 0 unspecified atom stereocenters. The van der Waals surface area contributed by atoms with E-state index >= 15 is 0 Å². The number of carboxylic acid groups (broad SMARTS) is 1. The van der Waals surface area contributed by atoms with Crippen molar-refractivity contribution in [2.45, 2.75) is 13.5 Å². The number of ether oxygens (including phenoxy) is 2. The monoisotopic (exact) mass is 550 g/mol. The Morgan fingerprint density at radius 2 is 1.91 bits per heavy atom. The Morgan fingerprint density at radius 3 is 2.71 bits per heavy atom. The number of aromatic carboxylic acids is 1. The van der Waals surface area contributed by atoms with E-state index in [0.29, 0.717) is 27.6 Å². The molecule has 0 spiro atoms. The van der Waals surface area contributed by atoms with E-state index in [1.165, 1.54) is 17.4 Å². The maximum Gasteiger partial charge on any atom is 0.335 e. The summed E-state index contributed by atoms with van der Waals surface area (Å²) in [6.07, 6.45) is 1.81. The van der Waals surface area contributed by atoms with Gasteiger partial charge in [-0.15, -0.1) is 0 Å². The first kappa shape index (κ1) is 23.1. The van der Waals surface area contributed by atoms with Gasteiger partial charge in [-0.05, 0) is 60.5 Å². The molecular formula is C26H19BrN2O5S. The summed E-state index contributed by atoms with van der Waals surface area (Å²) in [5.41, 5.74) is 3.14. The van der Waals surface area contributed by atoms with Crippen molar-refractivity contribution in [3.05, 3.63) is 96.7 Å². The summed E-state index contributed by atoms with van der Waals surface area (Å²) in [5, 5.41) is 9.20. The second-order valence-corrected chi connectivity index (χ2v) is 9.55. The van der Waals surface area contributed by atoms with Crippen LogP contribution in [-0.2, 0) is 6.61 Å². The van der Waals surface area contributed by atoms with E-state index in [2.05, 4.69) is 20.9 Å². The molecule has 0 bridgehead atoms. The Hall–Kier alpha value is -3.69. The van der Waals surface area contributed by atoms with Crippen LogP contribution in [0.25, 0.3) is 22.1 Å². The number of para-hydroxylation sites is 2. The molecule has 0 aliphatic heterocycles. The summed E-state index contributed by atoms with van der Waals surface area (Å²) in [6, 6.07) is 17.8. The highest BCUT2D eigenvalue weighted by molar-refractivity contribution is 9.10. The number of aromatic nitrogens is 2. The first-order valence-corrected chi connectivity index (χ1v) is 12.4. The predicted octanol–water partition coefficient (Wildman–Crippen LogP) is 4.90. The van der Waals surface area contributed by atoms with Crippen LogP contribution in [0, 0.1) is 0 Å². The van der Waals surface area contributed by atoms with Crippen LogP contribution >= 0.6 is 27.3 Å². The largest absolute Gasteiger partial charge is 0.490 e. The van der Waals surface area contributed by atoms with Gasteiger partial charge in [0.15, 0.2) is 16.5 Å². The van der Waals surface area contributed by atoms with Gasteiger partial charge in [0.25, 0.3) is 5.56 Å².